The molecule has 0 atom stereocenters. The van der Waals surface area contributed by atoms with Crippen molar-refractivity contribution in [3.05, 3.63) is 119 Å². The van der Waals surface area contributed by atoms with E-state index in [9.17, 15) is 0 Å². The Hall–Kier alpha value is -3.91. The van der Waals surface area contributed by atoms with Gasteiger partial charge in [0.05, 0.1) is 5.69 Å². The Morgan fingerprint density at radius 2 is 1.29 bits per heavy atom. The quantitative estimate of drug-likeness (QED) is 0.295. The van der Waals surface area contributed by atoms with Crippen LogP contribution < -0.4 is 4.90 Å². The molecule has 0 bridgehead atoms. The molecule has 1 aliphatic carbocycles. The zero-order valence-corrected chi connectivity index (χ0v) is 17.8. The fourth-order valence-corrected chi connectivity index (χ4v) is 4.05. The van der Waals surface area contributed by atoms with Crippen molar-refractivity contribution < 1.29 is 0 Å². The van der Waals surface area contributed by atoms with Crippen molar-refractivity contribution in [3.8, 4) is 11.1 Å². The van der Waals surface area contributed by atoms with Crippen LogP contribution in [-0.2, 0) is 0 Å². The lowest BCUT2D eigenvalue weighted by molar-refractivity contribution is 1.13. The predicted molar refractivity (Wildman–Crippen MR) is 133 cm³/mol. The average molecular weight is 401 g/mol. The summed E-state index contributed by atoms with van der Waals surface area (Å²) in [4.78, 5) is 6.85. The summed E-state index contributed by atoms with van der Waals surface area (Å²) >= 11 is 0. The Kier molecular flexibility index (Phi) is 4.97. The minimum absolute atomic E-state index is 0.962. The van der Waals surface area contributed by atoms with Crippen LogP contribution in [-0.4, -0.2) is 20.3 Å². The van der Waals surface area contributed by atoms with Crippen LogP contribution in [0.5, 0.6) is 0 Å². The third-order valence-corrected chi connectivity index (χ3v) is 5.68. The summed E-state index contributed by atoms with van der Waals surface area (Å²) < 4.78 is 0. The Labute approximate surface area is 183 Å². The van der Waals surface area contributed by atoms with E-state index in [-0.39, 0.29) is 0 Å². The number of anilines is 1. The van der Waals surface area contributed by atoms with Gasteiger partial charge in [0.25, 0.3) is 0 Å². The molecule has 1 aliphatic rings. The number of fused-ring (bicyclic) bond motifs is 3. The van der Waals surface area contributed by atoms with Gasteiger partial charge in [-0.3, -0.25) is 4.99 Å². The van der Waals surface area contributed by atoms with Crippen molar-refractivity contribution in [1.82, 2.24) is 0 Å². The van der Waals surface area contributed by atoms with Crippen molar-refractivity contribution in [1.29, 1.82) is 0 Å². The topological polar surface area (TPSA) is 15.6 Å². The van der Waals surface area contributed by atoms with E-state index in [1.54, 1.807) is 0 Å². The molecule has 0 fully saturated rings. The average Bonchev–Trinajstić information content (AvgIpc) is 3.12. The fourth-order valence-electron chi connectivity index (χ4n) is 4.05. The second-order valence-electron chi connectivity index (χ2n) is 7.99. The minimum Gasteiger partial charge on any atom is -0.378 e. The SMILES string of the molecule is CN(C)c1ccc(/C=C2/c3ccccc3-c3ccc(N=Cc4ccccc4)cc32)cc1. The first kappa shape index (κ1) is 19.1. The summed E-state index contributed by atoms with van der Waals surface area (Å²) in [5, 5.41) is 0. The predicted octanol–water partition coefficient (Wildman–Crippen LogP) is 7.07. The van der Waals surface area contributed by atoms with Gasteiger partial charge >= 0.3 is 0 Å². The Morgan fingerprint density at radius 3 is 2.03 bits per heavy atom. The molecular formula is C29H24N2. The van der Waals surface area contributed by atoms with Crippen molar-refractivity contribution >= 4 is 29.2 Å². The van der Waals surface area contributed by atoms with E-state index in [0.29, 0.717) is 0 Å². The molecule has 0 saturated carbocycles. The molecule has 0 saturated heterocycles. The van der Waals surface area contributed by atoms with Crippen LogP contribution in [0, 0.1) is 0 Å². The van der Waals surface area contributed by atoms with Crippen LogP contribution >= 0.6 is 0 Å². The van der Waals surface area contributed by atoms with E-state index in [4.69, 9.17) is 4.99 Å². The molecule has 0 unspecified atom stereocenters. The van der Waals surface area contributed by atoms with Crippen LogP contribution in [0.2, 0.25) is 0 Å². The molecule has 0 aromatic heterocycles. The van der Waals surface area contributed by atoms with Crippen molar-refractivity contribution in [2.45, 2.75) is 0 Å². The molecule has 0 heterocycles. The van der Waals surface area contributed by atoms with Crippen molar-refractivity contribution in [2.75, 3.05) is 19.0 Å². The summed E-state index contributed by atoms with van der Waals surface area (Å²) in [6.45, 7) is 0. The van der Waals surface area contributed by atoms with Crippen molar-refractivity contribution in [2.24, 2.45) is 4.99 Å². The number of rotatable bonds is 4. The third kappa shape index (κ3) is 3.80. The molecule has 2 nitrogen and oxygen atoms in total. The molecule has 31 heavy (non-hydrogen) atoms. The molecule has 150 valence electrons. The van der Waals surface area contributed by atoms with E-state index in [0.717, 1.165) is 11.3 Å². The number of benzene rings is 4. The summed E-state index contributed by atoms with van der Waals surface area (Å²) in [6.07, 6.45) is 4.21. The largest absolute Gasteiger partial charge is 0.378 e. The molecular weight excluding hydrogens is 376 g/mol. The second-order valence-corrected chi connectivity index (χ2v) is 7.99. The van der Waals surface area contributed by atoms with Gasteiger partial charge < -0.3 is 4.90 Å². The van der Waals surface area contributed by atoms with Crippen LogP contribution in [0.3, 0.4) is 0 Å². The summed E-state index contributed by atoms with van der Waals surface area (Å²) in [5.74, 6) is 0. The van der Waals surface area contributed by atoms with E-state index < -0.39 is 0 Å². The van der Waals surface area contributed by atoms with Crippen LogP contribution in [0.25, 0.3) is 22.8 Å². The molecule has 4 aromatic rings. The van der Waals surface area contributed by atoms with Gasteiger partial charge in [0.2, 0.25) is 0 Å². The number of hydrogen-bond donors (Lipinski definition) is 0. The van der Waals surface area contributed by atoms with E-state index >= 15 is 0 Å². The molecule has 4 aromatic carbocycles. The van der Waals surface area contributed by atoms with Gasteiger partial charge in [-0.2, -0.15) is 0 Å². The Bertz CT molecular complexity index is 1280. The van der Waals surface area contributed by atoms with Crippen LogP contribution in [0.15, 0.2) is 102 Å². The van der Waals surface area contributed by atoms with E-state index in [2.05, 4.69) is 104 Å². The molecule has 0 spiro atoms. The van der Waals surface area contributed by atoms with E-state index in [1.165, 1.54) is 39.1 Å². The maximum absolute atomic E-state index is 4.73. The first-order valence-corrected chi connectivity index (χ1v) is 10.5. The highest BCUT2D eigenvalue weighted by atomic mass is 15.1. The van der Waals surface area contributed by atoms with Gasteiger partial charge in [0.15, 0.2) is 0 Å². The number of aliphatic imine (C=N–C) groups is 1. The maximum atomic E-state index is 4.73. The smallest absolute Gasteiger partial charge is 0.0636 e. The lowest BCUT2D eigenvalue weighted by Crippen LogP contribution is -2.07. The number of nitrogens with zero attached hydrogens (tertiary/aromatic N) is 2. The third-order valence-electron chi connectivity index (χ3n) is 5.68. The normalized spacial score (nSPS) is 13.4. The van der Waals surface area contributed by atoms with Gasteiger partial charge in [-0.05, 0) is 69.3 Å². The number of hydrogen-bond acceptors (Lipinski definition) is 2. The second kappa shape index (κ2) is 8.08. The molecule has 0 aliphatic heterocycles. The standard InChI is InChI=1S/C29H24N2/c1-31(2)24-15-12-21(13-16-24)18-28-26-11-7-6-10-25(26)27-17-14-23(19-29(27)28)30-20-22-8-4-3-5-9-22/h3-20H,1-2H3/b28-18-,30-20?. The van der Waals surface area contributed by atoms with E-state index in [1.807, 2.05) is 24.4 Å². The molecule has 5 rings (SSSR count). The fraction of sp³-hybridized carbons (Fsp3) is 0.0690. The zero-order valence-electron chi connectivity index (χ0n) is 17.8. The molecule has 2 heteroatoms. The highest BCUT2D eigenvalue weighted by molar-refractivity contribution is 6.07. The zero-order chi connectivity index (χ0) is 21.2. The lowest BCUT2D eigenvalue weighted by atomic mass is 10.0. The first-order valence-electron chi connectivity index (χ1n) is 10.5. The summed E-state index contributed by atoms with van der Waals surface area (Å²) in [7, 11) is 4.13. The van der Waals surface area contributed by atoms with Gasteiger partial charge in [0.1, 0.15) is 0 Å². The lowest BCUT2D eigenvalue weighted by Gasteiger charge is -2.12. The first-order chi connectivity index (χ1) is 15.2. The minimum atomic E-state index is 0.962. The van der Waals surface area contributed by atoms with Gasteiger partial charge in [-0.15, -0.1) is 0 Å². The van der Waals surface area contributed by atoms with Gasteiger partial charge in [0, 0.05) is 26.0 Å². The van der Waals surface area contributed by atoms with Crippen LogP contribution in [0.1, 0.15) is 22.3 Å². The molecule has 0 N–H and O–H groups in total. The van der Waals surface area contributed by atoms with Gasteiger partial charge in [-0.25, -0.2) is 0 Å². The Morgan fingerprint density at radius 1 is 0.613 bits per heavy atom. The molecule has 0 amide bonds. The Balaban J connectivity index is 1.57. The monoisotopic (exact) mass is 400 g/mol. The van der Waals surface area contributed by atoms with Crippen LogP contribution in [0.4, 0.5) is 11.4 Å². The highest BCUT2D eigenvalue weighted by Gasteiger charge is 2.23. The van der Waals surface area contributed by atoms with Crippen molar-refractivity contribution in [3.63, 3.8) is 0 Å². The summed E-state index contributed by atoms with van der Waals surface area (Å²) in [6, 6.07) is 34.0. The highest BCUT2D eigenvalue weighted by Crippen LogP contribution is 2.46. The summed E-state index contributed by atoms with van der Waals surface area (Å²) in [5.41, 5.74) is 10.8. The molecule has 0 radical (unpaired) electrons. The van der Waals surface area contributed by atoms with Gasteiger partial charge in [-0.1, -0.05) is 72.8 Å². The maximum Gasteiger partial charge on any atom is 0.0636 e.